The van der Waals surface area contributed by atoms with E-state index in [9.17, 15) is 4.79 Å². The van der Waals surface area contributed by atoms with Gasteiger partial charge in [-0.05, 0) is 54.3 Å². The lowest BCUT2D eigenvalue weighted by atomic mass is 9.94. The highest BCUT2D eigenvalue weighted by Crippen LogP contribution is 2.30. The van der Waals surface area contributed by atoms with Crippen molar-refractivity contribution in [2.24, 2.45) is 0 Å². The highest BCUT2D eigenvalue weighted by atomic mass is 16.5. The average molecular weight is 308 g/mol. The van der Waals surface area contributed by atoms with Gasteiger partial charge in [-0.2, -0.15) is 4.98 Å². The third-order valence-electron chi connectivity index (χ3n) is 3.78. The average Bonchev–Trinajstić information content (AvgIpc) is 2.94. The molecule has 0 atom stereocenters. The van der Waals surface area contributed by atoms with Gasteiger partial charge in [-0.25, -0.2) is 4.79 Å². The van der Waals surface area contributed by atoms with Crippen molar-refractivity contribution in [2.75, 3.05) is 0 Å². The van der Waals surface area contributed by atoms with Gasteiger partial charge in [0.15, 0.2) is 0 Å². The quantitative estimate of drug-likeness (QED) is 0.790. The maximum atomic E-state index is 11.0. The predicted octanol–water partition coefficient (Wildman–Crippen LogP) is 4.03. The first-order valence-corrected chi connectivity index (χ1v) is 7.21. The van der Waals surface area contributed by atoms with Crippen molar-refractivity contribution >= 4 is 5.97 Å². The lowest BCUT2D eigenvalue weighted by Crippen LogP contribution is -1.97. The van der Waals surface area contributed by atoms with Gasteiger partial charge in [-0.3, -0.25) is 0 Å². The highest BCUT2D eigenvalue weighted by Gasteiger charge is 2.12. The third kappa shape index (κ3) is 2.85. The summed E-state index contributed by atoms with van der Waals surface area (Å²) in [4.78, 5) is 15.3. The fraction of sp³-hybridized carbons (Fsp3) is 0.167. The van der Waals surface area contributed by atoms with E-state index in [0.29, 0.717) is 17.3 Å². The maximum absolute atomic E-state index is 11.0. The van der Waals surface area contributed by atoms with E-state index < -0.39 is 5.97 Å². The van der Waals surface area contributed by atoms with E-state index in [4.69, 9.17) is 9.63 Å². The van der Waals surface area contributed by atoms with Crippen LogP contribution in [0.15, 0.2) is 40.9 Å². The van der Waals surface area contributed by atoms with Gasteiger partial charge in [0.05, 0.1) is 5.56 Å². The summed E-state index contributed by atoms with van der Waals surface area (Å²) < 4.78 is 5.01. The molecule has 0 aliphatic rings. The molecule has 0 aliphatic heterocycles. The molecule has 0 fully saturated rings. The summed E-state index contributed by atoms with van der Waals surface area (Å²) in [7, 11) is 0. The fourth-order valence-electron chi connectivity index (χ4n) is 2.62. The molecule has 3 aromatic rings. The highest BCUT2D eigenvalue weighted by molar-refractivity contribution is 5.89. The lowest BCUT2D eigenvalue weighted by Gasteiger charge is -2.11. The normalized spacial score (nSPS) is 10.7. The van der Waals surface area contributed by atoms with Gasteiger partial charge in [0.25, 0.3) is 0 Å². The molecular weight excluding hydrogens is 292 g/mol. The number of hydrogen-bond donors (Lipinski definition) is 1. The van der Waals surface area contributed by atoms with E-state index in [-0.39, 0.29) is 0 Å². The number of aromatic nitrogens is 2. The molecule has 116 valence electrons. The first kappa shape index (κ1) is 15.0. The molecule has 0 aliphatic carbocycles. The zero-order valence-corrected chi connectivity index (χ0v) is 13.1. The smallest absolute Gasteiger partial charge is 0.335 e. The Labute approximate surface area is 133 Å². The molecule has 0 spiro atoms. The van der Waals surface area contributed by atoms with Crippen LogP contribution in [0, 0.1) is 20.8 Å². The van der Waals surface area contributed by atoms with E-state index in [1.165, 1.54) is 0 Å². The third-order valence-corrected chi connectivity index (χ3v) is 3.78. The molecule has 3 rings (SSSR count). The summed E-state index contributed by atoms with van der Waals surface area (Å²) in [6.45, 7) is 5.68. The molecule has 5 heteroatoms. The Morgan fingerprint density at radius 1 is 1.00 bits per heavy atom. The number of nitrogens with zero attached hydrogens (tertiary/aromatic N) is 2. The van der Waals surface area contributed by atoms with Crippen LogP contribution in [0.3, 0.4) is 0 Å². The minimum Gasteiger partial charge on any atom is -0.478 e. The van der Waals surface area contributed by atoms with Crippen molar-refractivity contribution in [3.8, 4) is 22.5 Å². The Hall–Kier alpha value is -2.95. The summed E-state index contributed by atoms with van der Waals surface area (Å²) in [5.41, 5.74) is 5.25. The van der Waals surface area contributed by atoms with Crippen molar-refractivity contribution in [1.29, 1.82) is 0 Å². The second kappa shape index (κ2) is 5.68. The van der Waals surface area contributed by atoms with Crippen LogP contribution in [0.5, 0.6) is 0 Å². The summed E-state index contributed by atoms with van der Waals surface area (Å²) in [5.74, 6) is 0.177. The number of benzene rings is 2. The Kier molecular flexibility index (Phi) is 3.70. The van der Waals surface area contributed by atoms with Crippen LogP contribution in [0.25, 0.3) is 22.5 Å². The largest absolute Gasteiger partial charge is 0.478 e. The number of hydrogen-bond acceptors (Lipinski definition) is 4. The summed E-state index contributed by atoms with van der Waals surface area (Å²) in [6, 6.07) is 11.1. The molecule has 0 amide bonds. The molecule has 0 radical (unpaired) electrons. The zero-order chi connectivity index (χ0) is 16.6. The van der Waals surface area contributed by atoms with Gasteiger partial charge in [0, 0.05) is 12.5 Å². The van der Waals surface area contributed by atoms with Crippen LogP contribution >= 0.6 is 0 Å². The zero-order valence-electron chi connectivity index (χ0n) is 13.1. The summed E-state index contributed by atoms with van der Waals surface area (Å²) >= 11 is 0. The van der Waals surface area contributed by atoms with Crippen LogP contribution in [0.2, 0.25) is 0 Å². The van der Waals surface area contributed by atoms with Crippen LogP contribution < -0.4 is 0 Å². The first-order valence-electron chi connectivity index (χ1n) is 7.21. The van der Waals surface area contributed by atoms with Crippen molar-refractivity contribution in [2.45, 2.75) is 20.8 Å². The SMILES string of the molecule is Cc1nc(-c2ccc(-c3ccc(C(=O)O)cc3C)c(C)c2)no1. The van der Waals surface area contributed by atoms with E-state index >= 15 is 0 Å². The van der Waals surface area contributed by atoms with Gasteiger partial charge < -0.3 is 9.63 Å². The van der Waals surface area contributed by atoms with Gasteiger partial charge >= 0.3 is 5.97 Å². The minimum atomic E-state index is -0.917. The molecule has 23 heavy (non-hydrogen) atoms. The van der Waals surface area contributed by atoms with Crippen LogP contribution in [0.1, 0.15) is 27.4 Å². The second-order valence-electron chi connectivity index (χ2n) is 5.50. The fourth-order valence-corrected chi connectivity index (χ4v) is 2.62. The molecule has 0 bridgehead atoms. The molecule has 1 aromatic heterocycles. The maximum Gasteiger partial charge on any atom is 0.335 e. The van der Waals surface area contributed by atoms with Gasteiger partial charge in [-0.15, -0.1) is 0 Å². The van der Waals surface area contributed by atoms with Crippen LogP contribution in [0.4, 0.5) is 0 Å². The standard InChI is InChI=1S/C18H16N2O3/c1-10-8-13(17-19-12(3)23-20-17)4-6-15(10)16-7-5-14(18(21)22)9-11(16)2/h4-9H,1-3H3,(H,21,22). The lowest BCUT2D eigenvalue weighted by molar-refractivity contribution is 0.0697. The monoisotopic (exact) mass is 308 g/mol. The van der Waals surface area contributed by atoms with Crippen molar-refractivity contribution in [3.05, 3.63) is 59.0 Å². The van der Waals surface area contributed by atoms with Gasteiger partial charge in [-0.1, -0.05) is 23.4 Å². The van der Waals surface area contributed by atoms with E-state index in [0.717, 1.165) is 27.8 Å². The molecule has 0 saturated carbocycles. The topological polar surface area (TPSA) is 76.2 Å². The second-order valence-corrected chi connectivity index (χ2v) is 5.50. The molecule has 2 aromatic carbocycles. The van der Waals surface area contributed by atoms with Crippen LogP contribution in [-0.4, -0.2) is 21.2 Å². The number of carboxylic acids is 1. The number of carbonyl (C=O) groups is 1. The molecule has 1 N–H and O–H groups in total. The minimum absolute atomic E-state index is 0.294. The Morgan fingerprint density at radius 3 is 2.17 bits per heavy atom. The van der Waals surface area contributed by atoms with Crippen molar-refractivity contribution in [3.63, 3.8) is 0 Å². The van der Waals surface area contributed by atoms with Crippen molar-refractivity contribution < 1.29 is 14.4 Å². The molecule has 0 unspecified atom stereocenters. The summed E-state index contributed by atoms with van der Waals surface area (Å²) in [6.07, 6.45) is 0. The van der Waals surface area contributed by atoms with Gasteiger partial charge in [0.2, 0.25) is 11.7 Å². The molecule has 5 nitrogen and oxygen atoms in total. The Morgan fingerprint density at radius 2 is 1.65 bits per heavy atom. The predicted molar refractivity (Wildman–Crippen MR) is 86.3 cm³/mol. The molecular formula is C18H16N2O3. The number of rotatable bonds is 3. The summed E-state index contributed by atoms with van der Waals surface area (Å²) in [5, 5.41) is 13.0. The number of aryl methyl sites for hydroxylation is 3. The van der Waals surface area contributed by atoms with E-state index in [1.54, 1.807) is 19.1 Å². The van der Waals surface area contributed by atoms with E-state index in [1.807, 2.05) is 38.1 Å². The molecule has 0 saturated heterocycles. The van der Waals surface area contributed by atoms with Crippen LogP contribution in [-0.2, 0) is 0 Å². The van der Waals surface area contributed by atoms with Gasteiger partial charge in [0.1, 0.15) is 0 Å². The molecule has 1 heterocycles. The number of carboxylic acid groups (broad SMARTS) is 1. The first-order chi connectivity index (χ1) is 11.0. The van der Waals surface area contributed by atoms with E-state index in [2.05, 4.69) is 10.1 Å². The Balaban J connectivity index is 2.03. The Bertz CT molecular complexity index is 897. The number of aromatic carboxylic acids is 1. The van der Waals surface area contributed by atoms with Crippen molar-refractivity contribution in [1.82, 2.24) is 10.1 Å².